The Bertz CT molecular complexity index is 1910. The van der Waals surface area contributed by atoms with Crippen LogP contribution in [0.15, 0.2) is 77.8 Å². The van der Waals surface area contributed by atoms with Gasteiger partial charge < -0.3 is 29.7 Å². The Labute approximate surface area is 298 Å². The molecule has 0 fully saturated rings. The van der Waals surface area contributed by atoms with E-state index in [0.29, 0.717) is 35.8 Å². The van der Waals surface area contributed by atoms with E-state index in [-0.39, 0.29) is 42.6 Å². The number of carbonyl (C=O) groups is 2. The van der Waals surface area contributed by atoms with Gasteiger partial charge in [-0.3, -0.25) is 9.59 Å². The Kier molecular flexibility index (Phi) is 11.7. The molecule has 0 aliphatic rings. The number of anilines is 1. The Morgan fingerprint density at radius 1 is 0.923 bits per heavy atom. The number of pyridine rings is 1. The number of carbonyl (C=O) groups excluding carboxylic acids is 2. The number of nitrogens with zero attached hydrogens (tertiary/aromatic N) is 2. The van der Waals surface area contributed by atoms with E-state index in [1.165, 1.54) is 18.3 Å². The third kappa shape index (κ3) is 11.5. The third-order valence-electron chi connectivity index (χ3n) is 7.42. The van der Waals surface area contributed by atoms with E-state index in [9.17, 15) is 29.0 Å². The van der Waals surface area contributed by atoms with Crippen molar-refractivity contribution < 1.29 is 47.6 Å². The van der Waals surface area contributed by atoms with E-state index >= 15 is 4.39 Å². The first-order chi connectivity index (χ1) is 24.2. The number of ether oxygens (including phenoxy) is 3. The van der Waals surface area contributed by atoms with E-state index < -0.39 is 50.4 Å². The fourth-order valence-corrected chi connectivity index (χ4v) is 5.43. The molecule has 52 heavy (non-hydrogen) atoms. The number of rotatable bonds is 16. The number of hydrogen-bond acceptors (Lipinski definition) is 7. The Hall–Kier alpha value is -4.96. The van der Waals surface area contributed by atoms with E-state index in [1.54, 1.807) is 44.3 Å². The molecule has 4 rings (SSSR count). The number of methoxy groups -OCH3 is 1. The first-order valence-corrected chi connectivity index (χ1v) is 17.9. The van der Waals surface area contributed by atoms with Gasteiger partial charge in [0.15, 0.2) is 0 Å². The van der Waals surface area contributed by atoms with Gasteiger partial charge in [-0.1, -0.05) is 57.5 Å². The fraction of sp³-hybridized carbons (Fsp3) is 0.306. The fourth-order valence-electron chi connectivity index (χ4n) is 4.73. The molecule has 0 bridgehead atoms. The van der Waals surface area contributed by atoms with Crippen molar-refractivity contribution in [3.8, 4) is 28.5 Å². The summed E-state index contributed by atoms with van der Waals surface area (Å²) in [6.07, 6.45) is 0.796. The molecular formula is C36H40F6N4O5S. The van der Waals surface area contributed by atoms with Crippen molar-refractivity contribution >= 4 is 27.7 Å². The minimum Gasteiger partial charge on any atom is -0.497 e. The monoisotopic (exact) mass is 754 g/mol. The molecule has 0 aliphatic heterocycles. The smallest absolute Gasteiger partial charge is 0.310 e. The Morgan fingerprint density at radius 3 is 2.25 bits per heavy atom. The Morgan fingerprint density at radius 2 is 1.63 bits per heavy atom. The lowest BCUT2D eigenvalue weighted by Crippen LogP contribution is -2.31. The highest BCUT2D eigenvalue weighted by molar-refractivity contribution is 8.45. The van der Waals surface area contributed by atoms with Crippen LogP contribution in [0.2, 0.25) is 0 Å². The average Bonchev–Trinajstić information content (AvgIpc) is 3.06. The highest BCUT2D eigenvalue weighted by Gasteiger charge is 2.65. The normalized spacial score (nSPS) is 12.9. The van der Waals surface area contributed by atoms with Gasteiger partial charge in [-0.05, 0) is 73.1 Å². The van der Waals surface area contributed by atoms with Gasteiger partial charge in [-0.25, -0.2) is 9.37 Å². The molecule has 282 valence electrons. The summed E-state index contributed by atoms with van der Waals surface area (Å²) in [6.45, 7) is 4.80. The maximum Gasteiger partial charge on any atom is 0.310 e. The maximum absolute atomic E-state index is 15.4. The van der Waals surface area contributed by atoms with Gasteiger partial charge in [0.25, 0.3) is 5.91 Å². The molecule has 4 aromatic rings. The van der Waals surface area contributed by atoms with Gasteiger partial charge in [0.05, 0.1) is 20.1 Å². The third-order valence-corrected chi connectivity index (χ3v) is 8.54. The van der Waals surface area contributed by atoms with Crippen LogP contribution < -0.4 is 24.8 Å². The van der Waals surface area contributed by atoms with Crippen molar-refractivity contribution in [2.75, 3.05) is 46.2 Å². The molecule has 0 saturated heterocycles. The molecule has 0 saturated carbocycles. The number of likely N-dealkylation sites (N-methyl/N-ethyl adjacent to an activating group) is 1. The molecule has 0 atom stereocenters. The summed E-state index contributed by atoms with van der Waals surface area (Å²) in [6, 6.07) is 13.7. The number of aromatic nitrogens is 1. The molecule has 2 amide bonds. The first kappa shape index (κ1) is 39.8. The highest BCUT2D eigenvalue weighted by Crippen LogP contribution is 3.02. The van der Waals surface area contributed by atoms with Gasteiger partial charge in [0.2, 0.25) is 11.8 Å². The van der Waals surface area contributed by atoms with Gasteiger partial charge in [0.1, 0.15) is 28.8 Å². The summed E-state index contributed by atoms with van der Waals surface area (Å²) in [4.78, 5) is 29.1. The summed E-state index contributed by atoms with van der Waals surface area (Å²) < 4.78 is 101. The highest BCUT2D eigenvalue weighted by atomic mass is 32.5. The van der Waals surface area contributed by atoms with Crippen LogP contribution in [-0.4, -0.2) is 62.6 Å². The van der Waals surface area contributed by atoms with Crippen molar-refractivity contribution in [1.29, 1.82) is 0 Å². The molecule has 0 aliphatic carbocycles. The maximum atomic E-state index is 15.4. The lowest BCUT2D eigenvalue weighted by atomic mass is 10.0. The van der Waals surface area contributed by atoms with E-state index in [1.807, 2.05) is 26.0 Å². The zero-order valence-corrected chi connectivity index (χ0v) is 30.0. The molecule has 1 aromatic heterocycles. The standard InChI is InChI=1S/C36H40F6N4O5S/c1-23(2)21-50-33-19-35(51-22-24-6-10-29(49-5)11-7-24)44-20-31(33)25-8-9-26(32(37)16-25)17-34(47)45-28-14-27(36(48)43-12-13-46(3)4)15-30(18-28)52(38,39,40,41)42/h6-11,14-16,18-20,23H,12-13,17,21-22H2,1-5H3,(H,43,48)(H,45,47). The number of nitrogens with one attached hydrogen (secondary N) is 2. The molecule has 2 N–H and O–H groups in total. The zero-order valence-electron chi connectivity index (χ0n) is 29.2. The van der Waals surface area contributed by atoms with Crippen LogP contribution in [0.4, 0.5) is 29.5 Å². The second-order valence-corrected chi connectivity index (χ2v) is 15.1. The van der Waals surface area contributed by atoms with E-state index in [2.05, 4.69) is 15.6 Å². The molecule has 16 heteroatoms. The summed E-state index contributed by atoms with van der Waals surface area (Å²) in [5.74, 6) is -1.41. The summed E-state index contributed by atoms with van der Waals surface area (Å²) in [5.41, 5.74) is 0.0600. The van der Waals surface area contributed by atoms with Crippen LogP contribution in [0.3, 0.4) is 0 Å². The lowest BCUT2D eigenvalue weighted by molar-refractivity contribution is -0.115. The van der Waals surface area contributed by atoms with Crippen LogP contribution in [-0.2, 0) is 17.8 Å². The molecule has 9 nitrogen and oxygen atoms in total. The van der Waals surface area contributed by atoms with Crippen LogP contribution in [0.1, 0.15) is 35.3 Å². The lowest BCUT2D eigenvalue weighted by Gasteiger charge is -2.40. The molecule has 3 aromatic carbocycles. The molecule has 0 unspecified atom stereocenters. The number of halogens is 6. The van der Waals surface area contributed by atoms with Crippen LogP contribution in [0.25, 0.3) is 11.1 Å². The largest absolute Gasteiger partial charge is 0.497 e. The second-order valence-electron chi connectivity index (χ2n) is 12.7. The summed E-state index contributed by atoms with van der Waals surface area (Å²) in [7, 11) is -5.31. The Balaban J connectivity index is 1.53. The van der Waals surface area contributed by atoms with E-state index in [0.717, 1.165) is 17.7 Å². The second kappa shape index (κ2) is 15.3. The van der Waals surface area contributed by atoms with Crippen molar-refractivity contribution in [1.82, 2.24) is 15.2 Å². The SMILES string of the molecule is COc1ccc(COc2cc(OCC(C)C)c(-c3ccc(CC(=O)Nc4cc(C(=O)NCCN(C)C)cc(S(F)(F)(F)(F)F)c4)c(F)c3)cn2)cc1. The van der Waals surface area contributed by atoms with Crippen molar-refractivity contribution in [3.05, 3.63) is 95.4 Å². The topological polar surface area (TPSA) is 102 Å². The van der Waals surface area contributed by atoms with Crippen molar-refractivity contribution in [3.63, 3.8) is 0 Å². The zero-order chi connectivity index (χ0) is 38.3. The summed E-state index contributed by atoms with van der Waals surface area (Å²) >= 11 is 0. The predicted molar refractivity (Wildman–Crippen MR) is 188 cm³/mol. The van der Waals surface area contributed by atoms with Gasteiger partial charge in [-0.15, -0.1) is 0 Å². The number of hydrogen-bond donors (Lipinski definition) is 2. The molecule has 1 heterocycles. The van der Waals surface area contributed by atoms with Gasteiger partial charge in [-0.2, -0.15) is 0 Å². The first-order valence-electron chi connectivity index (χ1n) is 16.0. The molecule has 0 radical (unpaired) electrons. The minimum atomic E-state index is -10.3. The minimum absolute atomic E-state index is 0.0212. The van der Waals surface area contributed by atoms with Gasteiger partial charge in [0, 0.05) is 42.2 Å². The molecular weight excluding hydrogens is 714 g/mol. The van der Waals surface area contributed by atoms with E-state index in [4.69, 9.17) is 14.2 Å². The van der Waals surface area contributed by atoms with Crippen molar-refractivity contribution in [2.24, 2.45) is 5.92 Å². The quantitative estimate of drug-likeness (QED) is 0.111. The van der Waals surface area contributed by atoms with Crippen LogP contribution in [0.5, 0.6) is 17.4 Å². The number of benzene rings is 3. The van der Waals surface area contributed by atoms with Gasteiger partial charge >= 0.3 is 10.2 Å². The predicted octanol–water partition coefficient (Wildman–Crippen LogP) is 8.64. The molecule has 0 spiro atoms. The average molecular weight is 755 g/mol. The summed E-state index contributed by atoms with van der Waals surface area (Å²) in [5, 5.41) is 4.45. The van der Waals surface area contributed by atoms with Crippen LogP contribution >= 0.6 is 10.2 Å². The number of amides is 2. The van der Waals surface area contributed by atoms with Crippen LogP contribution in [0, 0.1) is 11.7 Å². The van der Waals surface area contributed by atoms with Crippen molar-refractivity contribution in [2.45, 2.75) is 31.8 Å².